The van der Waals surface area contributed by atoms with Gasteiger partial charge in [-0.05, 0) is 6.07 Å². The number of halogens is 3. The lowest BCUT2D eigenvalue weighted by Gasteiger charge is -2.04. The Labute approximate surface area is 98.8 Å². The van der Waals surface area contributed by atoms with Crippen LogP contribution in [-0.4, -0.2) is 5.11 Å². The summed E-state index contributed by atoms with van der Waals surface area (Å²) in [5.41, 5.74) is -0.684. The number of hydrogen-bond donors (Lipinski definition) is 1. The molecular weight excluding hydrogens is 262 g/mol. The summed E-state index contributed by atoms with van der Waals surface area (Å²) in [4.78, 5) is 11.0. The summed E-state index contributed by atoms with van der Waals surface area (Å²) >= 11 is 17.4. The predicted molar refractivity (Wildman–Crippen MR) is 59.2 cm³/mol. The third-order valence-electron chi connectivity index (χ3n) is 1.84. The first-order chi connectivity index (χ1) is 7.00. The monoisotopic (exact) mass is 264 g/mol. The van der Waals surface area contributed by atoms with Crippen molar-refractivity contribution in [3.05, 3.63) is 37.6 Å². The molecule has 3 nitrogen and oxygen atoms in total. The fourth-order valence-electron chi connectivity index (χ4n) is 1.22. The van der Waals surface area contributed by atoms with E-state index in [0.29, 0.717) is 0 Å². The first-order valence-electron chi connectivity index (χ1n) is 3.81. The lowest BCUT2D eigenvalue weighted by molar-refractivity contribution is 0.468. The molecule has 0 aliphatic carbocycles. The van der Waals surface area contributed by atoms with Crippen LogP contribution in [0.4, 0.5) is 0 Å². The Bertz CT molecular complexity index is 604. The fourth-order valence-corrected chi connectivity index (χ4v) is 1.96. The summed E-state index contributed by atoms with van der Waals surface area (Å²) in [5.74, 6) is -0.310. The van der Waals surface area contributed by atoms with Gasteiger partial charge in [-0.1, -0.05) is 34.8 Å². The van der Waals surface area contributed by atoms with E-state index in [4.69, 9.17) is 39.2 Å². The lowest BCUT2D eigenvalue weighted by Crippen LogP contribution is -1.96. The van der Waals surface area contributed by atoms with Crippen molar-refractivity contribution in [2.24, 2.45) is 0 Å². The SMILES string of the molecule is O=c1cc(O)c2c(Cl)c(Cl)cc(Cl)c2o1. The van der Waals surface area contributed by atoms with Crippen molar-refractivity contribution in [3.63, 3.8) is 0 Å². The molecule has 1 aromatic heterocycles. The van der Waals surface area contributed by atoms with E-state index < -0.39 is 5.63 Å². The molecule has 2 aromatic rings. The Hall–Kier alpha value is -0.900. The molecule has 0 aliphatic rings. The largest absolute Gasteiger partial charge is 0.507 e. The predicted octanol–water partition coefficient (Wildman–Crippen LogP) is 3.46. The van der Waals surface area contributed by atoms with Crippen molar-refractivity contribution in [1.29, 1.82) is 0 Å². The first-order valence-corrected chi connectivity index (χ1v) is 4.94. The van der Waals surface area contributed by atoms with Gasteiger partial charge in [-0.15, -0.1) is 0 Å². The Balaban J connectivity index is 3.09. The van der Waals surface area contributed by atoms with Gasteiger partial charge in [0.15, 0.2) is 5.58 Å². The number of hydrogen-bond acceptors (Lipinski definition) is 3. The average Bonchev–Trinajstić information content (AvgIpc) is 2.13. The highest BCUT2D eigenvalue weighted by Crippen LogP contribution is 2.39. The van der Waals surface area contributed by atoms with Gasteiger partial charge >= 0.3 is 5.63 Å². The summed E-state index contributed by atoms with van der Waals surface area (Å²) in [6, 6.07) is 2.25. The van der Waals surface area contributed by atoms with E-state index in [1.807, 2.05) is 0 Å². The van der Waals surface area contributed by atoms with Crippen LogP contribution in [0.2, 0.25) is 15.1 Å². The van der Waals surface area contributed by atoms with Crippen molar-refractivity contribution in [3.8, 4) is 5.75 Å². The highest BCUT2D eigenvalue weighted by molar-refractivity contribution is 6.47. The van der Waals surface area contributed by atoms with E-state index >= 15 is 0 Å². The Morgan fingerprint density at radius 1 is 1.13 bits per heavy atom. The quantitative estimate of drug-likeness (QED) is 0.586. The zero-order chi connectivity index (χ0) is 11.2. The van der Waals surface area contributed by atoms with E-state index in [9.17, 15) is 9.90 Å². The van der Waals surface area contributed by atoms with Gasteiger partial charge in [-0.2, -0.15) is 0 Å². The minimum atomic E-state index is -0.708. The topological polar surface area (TPSA) is 50.4 Å². The molecule has 2 rings (SSSR count). The van der Waals surface area contributed by atoms with Gasteiger partial charge in [0.05, 0.1) is 26.5 Å². The second kappa shape index (κ2) is 3.59. The van der Waals surface area contributed by atoms with Crippen molar-refractivity contribution in [2.45, 2.75) is 0 Å². The highest BCUT2D eigenvalue weighted by Gasteiger charge is 2.15. The van der Waals surface area contributed by atoms with Crippen molar-refractivity contribution >= 4 is 45.8 Å². The molecule has 0 saturated carbocycles. The normalized spacial score (nSPS) is 10.9. The van der Waals surface area contributed by atoms with E-state index in [2.05, 4.69) is 0 Å². The lowest BCUT2D eigenvalue weighted by atomic mass is 10.2. The Kier molecular flexibility index (Phi) is 2.54. The van der Waals surface area contributed by atoms with Crippen LogP contribution in [0.25, 0.3) is 11.0 Å². The molecule has 1 heterocycles. The molecule has 0 saturated heterocycles. The van der Waals surface area contributed by atoms with Gasteiger partial charge in [0.2, 0.25) is 0 Å². The van der Waals surface area contributed by atoms with Crippen LogP contribution in [0, 0.1) is 0 Å². The molecule has 0 atom stereocenters. The van der Waals surface area contributed by atoms with Crippen molar-refractivity contribution in [2.75, 3.05) is 0 Å². The summed E-state index contributed by atoms with van der Waals surface area (Å²) in [6.07, 6.45) is 0. The maximum Gasteiger partial charge on any atom is 0.339 e. The van der Waals surface area contributed by atoms with E-state index in [1.54, 1.807) is 0 Å². The maximum absolute atomic E-state index is 11.0. The molecule has 0 fully saturated rings. The van der Waals surface area contributed by atoms with Gasteiger partial charge in [-0.3, -0.25) is 0 Å². The molecule has 0 unspecified atom stereocenters. The third kappa shape index (κ3) is 1.67. The number of benzene rings is 1. The smallest absolute Gasteiger partial charge is 0.339 e. The van der Waals surface area contributed by atoms with Crippen LogP contribution in [0.15, 0.2) is 21.3 Å². The minimum absolute atomic E-state index is 0.0241. The number of fused-ring (bicyclic) bond motifs is 1. The fraction of sp³-hybridized carbons (Fsp3) is 0. The molecule has 78 valence electrons. The van der Waals surface area contributed by atoms with Crippen LogP contribution in [-0.2, 0) is 0 Å². The van der Waals surface area contributed by atoms with Gasteiger partial charge in [-0.25, -0.2) is 4.79 Å². The van der Waals surface area contributed by atoms with Crippen LogP contribution in [0.5, 0.6) is 5.75 Å². The van der Waals surface area contributed by atoms with Crippen LogP contribution < -0.4 is 5.63 Å². The summed E-state index contributed by atoms with van der Waals surface area (Å²) in [6.45, 7) is 0. The zero-order valence-electron chi connectivity index (χ0n) is 7.05. The van der Waals surface area contributed by atoms with E-state index in [-0.39, 0.29) is 31.8 Å². The molecule has 1 aromatic carbocycles. The molecule has 0 bridgehead atoms. The van der Waals surface area contributed by atoms with Gasteiger partial charge in [0.1, 0.15) is 5.75 Å². The van der Waals surface area contributed by atoms with Crippen LogP contribution >= 0.6 is 34.8 Å². The zero-order valence-corrected chi connectivity index (χ0v) is 9.32. The number of aromatic hydroxyl groups is 1. The second-order valence-corrected chi connectivity index (χ2v) is 4.00. The van der Waals surface area contributed by atoms with Crippen molar-refractivity contribution < 1.29 is 9.52 Å². The molecule has 0 spiro atoms. The Morgan fingerprint density at radius 3 is 2.47 bits per heavy atom. The maximum atomic E-state index is 11.0. The molecule has 1 N–H and O–H groups in total. The Morgan fingerprint density at radius 2 is 1.80 bits per heavy atom. The number of rotatable bonds is 0. The van der Waals surface area contributed by atoms with E-state index in [0.717, 1.165) is 6.07 Å². The van der Waals surface area contributed by atoms with Crippen LogP contribution in [0.3, 0.4) is 0 Å². The van der Waals surface area contributed by atoms with E-state index in [1.165, 1.54) is 6.07 Å². The summed E-state index contributed by atoms with van der Waals surface area (Å²) in [5, 5.41) is 10.0. The summed E-state index contributed by atoms with van der Waals surface area (Å²) < 4.78 is 4.82. The molecule has 6 heteroatoms. The molecule has 0 amide bonds. The van der Waals surface area contributed by atoms with Gasteiger partial charge in [0, 0.05) is 0 Å². The molecule has 0 aliphatic heterocycles. The first kappa shape index (κ1) is 10.6. The second-order valence-electron chi connectivity index (χ2n) is 2.81. The minimum Gasteiger partial charge on any atom is -0.507 e. The molecule has 0 radical (unpaired) electrons. The third-order valence-corrected chi connectivity index (χ3v) is 2.91. The highest BCUT2D eigenvalue weighted by atomic mass is 35.5. The van der Waals surface area contributed by atoms with Crippen molar-refractivity contribution in [1.82, 2.24) is 0 Å². The summed E-state index contributed by atoms with van der Waals surface area (Å²) in [7, 11) is 0. The standard InChI is InChI=1S/C9H3Cl3O3/c10-3-1-4(11)9-7(8(3)12)5(13)2-6(14)15-9/h1-2,13H. The molecular formula is C9H3Cl3O3. The molecule has 15 heavy (non-hydrogen) atoms. The average molecular weight is 265 g/mol. The van der Waals surface area contributed by atoms with Gasteiger partial charge in [0.25, 0.3) is 0 Å². The van der Waals surface area contributed by atoms with Crippen LogP contribution in [0.1, 0.15) is 0 Å². The van der Waals surface area contributed by atoms with Gasteiger partial charge < -0.3 is 9.52 Å².